The third-order valence-electron chi connectivity index (χ3n) is 5.19. The molecule has 2 unspecified atom stereocenters. The smallest absolute Gasteiger partial charge is 0.336 e. The van der Waals surface area contributed by atoms with Crippen molar-refractivity contribution in [1.82, 2.24) is 0 Å². The number of esters is 2. The molecule has 1 heterocycles. The molecule has 1 saturated heterocycles. The van der Waals surface area contributed by atoms with E-state index >= 15 is 0 Å². The number of carbonyl (C=O) groups is 2. The molecule has 2 aliphatic rings. The third kappa shape index (κ3) is 5.06. The van der Waals surface area contributed by atoms with Gasteiger partial charge in [-0.25, -0.2) is 4.79 Å². The Hall–Kier alpha value is -1.96. The molecule has 7 nitrogen and oxygen atoms in total. The summed E-state index contributed by atoms with van der Waals surface area (Å²) in [7, 11) is 0. The van der Waals surface area contributed by atoms with Crippen molar-refractivity contribution >= 4 is 11.9 Å². The van der Waals surface area contributed by atoms with E-state index in [2.05, 4.69) is 6.58 Å². The van der Waals surface area contributed by atoms with Crippen LogP contribution in [0.1, 0.15) is 33.1 Å². The fraction of sp³-hybridized carbons (Fsp3) is 0.600. The molecule has 1 aliphatic heterocycles. The van der Waals surface area contributed by atoms with E-state index in [0.29, 0.717) is 12.8 Å². The summed E-state index contributed by atoms with van der Waals surface area (Å²) in [6.07, 6.45) is 2.89. The first-order chi connectivity index (χ1) is 12.8. The lowest BCUT2D eigenvalue weighted by molar-refractivity contribution is -0.149. The average molecular weight is 380 g/mol. The van der Waals surface area contributed by atoms with Gasteiger partial charge in [-0.3, -0.25) is 4.79 Å². The van der Waals surface area contributed by atoms with Crippen LogP contribution >= 0.6 is 0 Å². The Balaban J connectivity index is 2.34. The summed E-state index contributed by atoms with van der Waals surface area (Å²) in [5, 5.41) is 28.2. The van der Waals surface area contributed by atoms with Gasteiger partial charge in [-0.2, -0.15) is 0 Å². The number of ether oxygens (including phenoxy) is 2. The van der Waals surface area contributed by atoms with Crippen molar-refractivity contribution in [1.29, 1.82) is 0 Å². The highest BCUT2D eigenvalue weighted by Crippen LogP contribution is 2.37. The predicted molar refractivity (Wildman–Crippen MR) is 97.4 cm³/mol. The number of aliphatic hydroxyl groups excluding tert-OH is 3. The van der Waals surface area contributed by atoms with Crippen LogP contribution in [0, 0.1) is 11.8 Å². The number of allylic oxidation sites excluding steroid dienone is 1. The number of fused-ring (bicyclic) bond motifs is 1. The molecule has 27 heavy (non-hydrogen) atoms. The zero-order valence-electron chi connectivity index (χ0n) is 15.8. The normalized spacial score (nSPS) is 33.6. The minimum absolute atomic E-state index is 0.133. The van der Waals surface area contributed by atoms with Gasteiger partial charge in [0.15, 0.2) is 0 Å². The lowest BCUT2D eigenvalue weighted by Crippen LogP contribution is -2.37. The van der Waals surface area contributed by atoms with Crippen LogP contribution in [0.15, 0.2) is 35.5 Å². The SMILES string of the molecule is C=C(C(=O)O[C@H]1C/C(C)=C/CC/C(CO)=C/[C@H]2OC(=O)[C@@H](C)C12)C(O)CO. The lowest BCUT2D eigenvalue weighted by atomic mass is 9.82. The first-order valence-corrected chi connectivity index (χ1v) is 9.13. The Bertz CT molecular complexity index is 649. The van der Waals surface area contributed by atoms with Gasteiger partial charge in [0, 0.05) is 6.42 Å². The second-order valence-corrected chi connectivity index (χ2v) is 7.21. The van der Waals surface area contributed by atoms with Crippen molar-refractivity contribution in [2.75, 3.05) is 13.2 Å². The summed E-state index contributed by atoms with van der Waals surface area (Å²) in [5.74, 6) is -2.12. The number of aliphatic hydroxyl groups is 3. The summed E-state index contributed by atoms with van der Waals surface area (Å²) in [6, 6.07) is 0. The van der Waals surface area contributed by atoms with Gasteiger partial charge < -0.3 is 24.8 Å². The molecule has 0 bridgehead atoms. The standard InChI is InChI=1S/C20H28O7/c1-11-5-4-6-14(9-21)8-17-18(13(3)20(25)27-17)16(7-11)26-19(24)12(2)15(23)10-22/h5,8,13,15-18,21-23H,2,4,6-7,9-10H2,1,3H3/b11-5+,14-8-/t13-,15?,16-,17+,18?/m0/s1. The van der Waals surface area contributed by atoms with E-state index in [4.69, 9.17) is 14.6 Å². The molecule has 0 saturated carbocycles. The van der Waals surface area contributed by atoms with Crippen molar-refractivity contribution in [3.05, 3.63) is 35.5 Å². The van der Waals surface area contributed by atoms with Crippen LogP contribution in [0.4, 0.5) is 0 Å². The largest absolute Gasteiger partial charge is 0.458 e. The third-order valence-corrected chi connectivity index (χ3v) is 5.19. The number of hydrogen-bond donors (Lipinski definition) is 3. The van der Waals surface area contributed by atoms with Gasteiger partial charge in [0.1, 0.15) is 18.3 Å². The van der Waals surface area contributed by atoms with E-state index in [1.54, 1.807) is 13.0 Å². The van der Waals surface area contributed by atoms with Crippen LogP contribution in [-0.4, -0.2) is 58.8 Å². The maximum Gasteiger partial charge on any atom is 0.336 e. The Morgan fingerprint density at radius 3 is 2.78 bits per heavy atom. The van der Waals surface area contributed by atoms with E-state index in [0.717, 1.165) is 17.6 Å². The highest BCUT2D eigenvalue weighted by atomic mass is 16.6. The van der Waals surface area contributed by atoms with Crippen LogP contribution in [0.3, 0.4) is 0 Å². The Labute approximate surface area is 159 Å². The Kier molecular flexibility index (Phi) is 7.35. The average Bonchev–Trinajstić information content (AvgIpc) is 2.92. The molecule has 0 aromatic heterocycles. The second-order valence-electron chi connectivity index (χ2n) is 7.21. The minimum Gasteiger partial charge on any atom is -0.458 e. The highest BCUT2D eigenvalue weighted by molar-refractivity contribution is 5.89. The van der Waals surface area contributed by atoms with Crippen molar-refractivity contribution in [3.63, 3.8) is 0 Å². The van der Waals surface area contributed by atoms with Gasteiger partial charge in [0.25, 0.3) is 0 Å². The van der Waals surface area contributed by atoms with Crippen LogP contribution in [0.5, 0.6) is 0 Å². The van der Waals surface area contributed by atoms with E-state index in [9.17, 15) is 19.8 Å². The molecule has 5 atom stereocenters. The molecule has 1 aliphatic carbocycles. The fourth-order valence-corrected chi connectivity index (χ4v) is 3.51. The number of rotatable bonds is 5. The zero-order valence-corrected chi connectivity index (χ0v) is 15.8. The van der Waals surface area contributed by atoms with Crippen LogP contribution in [-0.2, 0) is 19.1 Å². The molecule has 0 amide bonds. The van der Waals surface area contributed by atoms with Crippen LogP contribution < -0.4 is 0 Å². The number of hydrogen-bond acceptors (Lipinski definition) is 7. The van der Waals surface area contributed by atoms with Gasteiger partial charge in [0.2, 0.25) is 0 Å². The molecule has 150 valence electrons. The monoisotopic (exact) mass is 380 g/mol. The first kappa shape index (κ1) is 21.3. The fourth-order valence-electron chi connectivity index (χ4n) is 3.51. The summed E-state index contributed by atoms with van der Waals surface area (Å²) in [5.41, 5.74) is 1.52. The topological polar surface area (TPSA) is 113 Å². The summed E-state index contributed by atoms with van der Waals surface area (Å²) in [6.45, 7) is 6.36. The Morgan fingerprint density at radius 2 is 2.15 bits per heavy atom. The van der Waals surface area contributed by atoms with Gasteiger partial charge >= 0.3 is 11.9 Å². The van der Waals surface area contributed by atoms with Gasteiger partial charge in [-0.15, -0.1) is 0 Å². The molecule has 2 rings (SSSR count). The van der Waals surface area contributed by atoms with Crippen LogP contribution in [0.25, 0.3) is 0 Å². The van der Waals surface area contributed by atoms with E-state index in [1.165, 1.54) is 0 Å². The predicted octanol–water partition coefficient (Wildman–Crippen LogP) is 1.03. The molecule has 0 spiro atoms. The van der Waals surface area contributed by atoms with Gasteiger partial charge in [0.05, 0.1) is 30.6 Å². The van der Waals surface area contributed by atoms with Gasteiger partial charge in [-0.05, 0) is 31.4 Å². The van der Waals surface area contributed by atoms with Crippen molar-refractivity contribution < 1.29 is 34.4 Å². The molecule has 1 fully saturated rings. The quantitative estimate of drug-likeness (QED) is 0.371. The summed E-state index contributed by atoms with van der Waals surface area (Å²) < 4.78 is 11.1. The van der Waals surface area contributed by atoms with Crippen molar-refractivity contribution in [2.45, 2.75) is 51.4 Å². The molecule has 7 heteroatoms. The molecule has 0 aromatic carbocycles. The van der Waals surface area contributed by atoms with Crippen LogP contribution in [0.2, 0.25) is 0 Å². The van der Waals surface area contributed by atoms with E-state index in [-0.39, 0.29) is 18.1 Å². The van der Waals surface area contributed by atoms with E-state index in [1.807, 2.05) is 13.0 Å². The van der Waals surface area contributed by atoms with Crippen molar-refractivity contribution in [3.8, 4) is 0 Å². The minimum atomic E-state index is -1.40. The molecule has 0 aromatic rings. The maximum atomic E-state index is 12.4. The molecular weight excluding hydrogens is 352 g/mol. The zero-order chi connectivity index (χ0) is 20.1. The first-order valence-electron chi connectivity index (χ1n) is 9.13. The lowest BCUT2D eigenvalue weighted by Gasteiger charge is -2.29. The number of carbonyl (C=O) groups excluding carboxylic acids is 2. The summed E-state index contributed by atoms with van der Waals surface area (Å²) >= 11 is 0. The summed E-state index contributed by atoms with van der Waals surface area (Å²) in [4.78, 5) is 24.5. The van der Waals surface area contributed by atoms with Gasteiger partial charge in [-0.1, -0.05) is 25.2 Å². The molecule has 0 radical (unpaired) electrons. The highest BCUT2D eigenvalue weighted by Gasteiger charge is 2.47. The molecular formula is C20H28O7. The molecule has 3 N–H and O–H groups in total. The van der Waals surface area contributed by atoms with Crippen molar-refractivity contribution in [2.24, 2.45) is 11.8 Å². The maximum absolute atomic E-state index is 12.4. The Morgan fingerprint density at radius 1 is 1.44 bits per heavy atom. The van der Waals surface area contributed by atoms with E-state index < -0.39 is 42.7 Å². The second kappa shape index (κ2) is 9.30.